The molecule has 0 radical (unpaired) electrons. The molecule has 0 heterocycles. The summed E-state index contributed by atoms with van der Waals surface area (Å²) in [5.41, 5.74) is 7.38. The van der Waals surface area contributed by atoms with Gasteiger partial charge in [0.15, 0.2) is 0 Å². The lowest BCUT2D eigenvalue weighted by Gasteiger charge is -2.19. The molecule has 0 bridgehead atoms. The van der Waals surface area contributed by atoms with Crippen LogP contribution in [-0.2, 0) is 4.74 Å². The highest BCUT2D eigenvalue weighted by Gasteiger charge is 2.11. The number of nitrogens with zero attached hydrogens (tertiary/aromatic N) is 2. The average molecular weight is 379 g/mol. The van der Waals surface area contributed by atoms with E-state index in [4.69, 9.17) is 4.74 Å². The number of hydrogen-bond acceptors (Lipinski definition) is 3. The number of aryl methyl sites for hydroxylation is 2. The Morgan fingerprint density at radius 1 is 0.857 bits per heavy atom. The average Bonchev–Trinajstić information content (AvgIpc) is 2.65. The number of anilines is 2. The third kappa shape index (κ3) is 5.74. The molecular weight excluding hydrogens is 344 g/mol. The molecule has 0 amide bonds. The van der Waals surface area contributed by atoms with E-state index >= 15 is 0 Å². The summed E-state index contributed by atoms with van der Waals surface area (Å²) in [6.07, 6.45) is 8.41. The van der Waals surface area contributed by atoms with Crippen molar-refractivity contribution in [1.29, 1.82) is 0 Å². The van der Waals surface area contributed by atoms with Crippen molar-refractivity contribution in [3.8, 4) is 0 Å². The first-order valence-electron chi connectivity index (χ1n) is 9.85. The number of hydrogen-bond donors (Lipinski definition) is 0. The van der Waals surface area contributed by atoms with Crippen LogP contribution in [0.2, 0.25) is 0 Å². The van der Waals surface area contributed by atoms with Crippen LogP contribution in [0.1, 0.15) is 35.3 Å². The SMILES string of the molecule is CCOC(C=CC=Cc1ccc(N(C)C)cc1C)c1ccc(N(C)C)cc1C. The fourth-order valence-corrected chi connectivity index (χ4v) is 3.14. The highest BCUT2D eigenvalue weighted by molar-refractivity contribution is 5.60. The summed E-state index contributed by atoms with van der Waals surface area (Å²) in [6.45, 7) is 7.01. The Morgan fingerprint density at radius 3 is 2.00 bits per heavy atom. The Hall–Kier alpha value is -2.52. The molecule has 0 spiro atoms. The molecule has 0 aliphatic carbocycles. The third-order valence-electron chi connectivity index (χ3n) is 4.87. The van der Waals surface area contributed by atoms with E-state index < -0.39 is 0 Å². The van der Waals surface area contributed by atoms with Crippen LogP contribution in [0.5, 0.6) is 0 Å². The highest BCUT2D eigenvalue weighted by Crippen LogP contribution is 2.26. The summed E-state index contributed by atoms with van der Waals surface area (Å²) < 4.78 is 5.99. The monoisotopic (exact) mass is 378 g/mol. The minimum absolute atomic E-state index is 0.0388. The zero-order valence-corrected chi connectivity index (χ0v) is 18.4. The molecule has 0 saturated heterocycles. The van der Waals surface area contributed by atoms with E-state index in [0.29, 0.717) is 6.61 Å². The molecule has 1 unspecified atom stereocenters. The van der Waals surface area contributed by atoms with E-state index in [2.05, 4.69) is 113 Å². The van der Waals surface area contributed by atoms with E-state index in [1.165, 1.54) is 33.6 Å². The molecule has 1 atom stereocenters. The Kier molecular flexibility index (Phi) is 7.89. The van der Waals surface area contributed by atoms with Gasteiger partial charge in [0.05, 0.1) is 0 Å². The molecule has 0 aliphatic heterocycles. The van der Waals surface area contributed by atoms with Crippen LogP contribution in [0.25, 0.3) is 6.08 Å². The lowest BCUT2D eigenvalue weighted by atomic mass is 10.0. The standard InChI is InChI=1S/C25H34N2O/c1-8-28-25(24-16-15-23(27(6)7)18-20(24)3)12-10-9-11-21-13-14-22(26(4)5)17-19(21)2/h9-18,25H,8H2,1-7H3. The second-order valence-electron chi connectivity index (χ2n) is 7.49. The van der Waals surface area contributed by atoms with Crippen molar-refractivity contribution in [2.75, 3.05) is 44.6 Å². The van der Waals surface area contributed by atoms with Crippen LogP contribution in [0.4, 0.5) is 11.4 Å². The van der Waals surface area contributed by atoms with Gasteiger partial charge in [-0.25, -0.2) is 0 Å². The van der Waals surface area contributed by atoms with Crippen molar-refractivity contribution < 1.29 is 4.74 Å². The van der Waals surface area contributed by atoms with Crippen molar-refractivity contribution in [2.45, 2.75) is 26.9 Å². The molecule has 2 rings (SSSR count). The van der Waals surface area contributed by atoms with Gasteiger partial charge in [-0.05, 0) is 67.3 Å². The predicted octanol–water partition coefficient (Wildman–Crippen LogP) is 5.78. The van der Waals surface area contributed by atoms with Gasteiger partial charge in [0.2, 0.25) is 0 Å². The molecule has 0 N–H and O–H groups in total. The molecule has 0 saturated carbocycles. The minimum Gasteiger partial charge on any atom is -0.378 e. The predicted molar refractivity (Wildman–Crippen MR) is 124 cm³/mol. The first kappa shape index (κ1) is 21.8. The van der Waals surface area contributed by atoms with Gasteiger partial charge < -0.3 is 14.5 Å². The minimum atomic E-state index is -0.0388. The van der Waals surface area contributed by atoms with E-state index in [1.807, 2.05) is 6.92 Å². The molecule has 3 heteroatoms. The van der Waals surface area contributed by atoms with E-state index in [0.717, 1.165) is 0 Å². The Bertz CT molecular complexity index is 834. The summed E-state index contributed by atoms with van der Waals surface area (Å²) >= 11 is 0. The lowest BCUT2D eigenvalue weighted by Crippen LogP contribution is -2.10. The van der Waals surface area contributed by atoms with Crippen LogP contribution in [0.3, 0.4) is 0 Å². The molecule has 2 aromatic carbocycles. The zero-order chi connectivity index (χ0) is 20.7. The fraction of sp³-hybridized carbons (Fsp3) is 0.360. The smallest absolute Gasteiger partial charge is 0.101 e. The molecule has 0 aliphatic rings. The van der Waals surface area contributed by atoms with Crippen LogP contribution in [0, 0.1) is 13.8 Å². The normalized spacial score (nSPS) is 12.7. The number of allylic oxidation sites excluding steroid dienone is 2. The largest absolute Gasteiger partial charge is 0.378 e. The molecule has 0 aromatic heterocycles. The van der Waals surface area contributed by atoms with E-state index in [-0.39, 0.29) is 6.10 Å². The van der Waals surface area contributed by atoms with Gasteiger partial charge in [-0.2, -0.15) is 0 Å². The van der Waals surface area contributed by atoms with Crippen LogP contribution < -0.4 is 9.80 Å². The summed E-state index contributed by atoms with van der Waals surface area (Å²) in [5.74, 6) is 0. The van der Waals surface area contributed by atoms with Gasteiger partial charge in [0, 0.05) is 46.2 Å². The molecule has 150 valence electrons. The molecule has 28 heavy (non-hydrogen) atoms. The van der Waals surface area contributed by atoms with Crippen LogP contribution >= 0.6 is 0 Å². The second kappa shape index (κ2) is 10.1. The maximum Gasteiger partial charge on any atom is 0.101 e. The summed E-state index contributed by atoms with van der Waals surface area (Å²) in [6, 6.07) is 13.0. The number of rotatable bonds is 8. The molecule has 2 aromatic rings. The first-order valence-corrected chi connectivity index (χ1v) is 9.85. The van der Waals surface area contributed by atoms with Crippen molar-refractivity contribution >= 4 is 17.5 Å². The summed E-state index contributed by atoms with van der Waals surface area (Å²) in [5, 5.41) is 0. The van der Waals surface area contributed by atoms with Crippen LogP contribution in [0.15, 0.2) is 54.6 Å². The molecule has 0 fully saturated rings. The molecular formula is C25H34N2O. The van der Waals surface area contributed by atoms with Gasteiger partial charge in [-0.1, -0.05) is 36.4 Å². The van der Waals surface area contributed by atoms with Crippen molar-refractivity contribution in [1.82, 2.24) is 0 Å². The van der Waals surface area contributed by atoms with Crippen molar-refractivity contribution in [2.24, 2.45) is 0 Å². The second-order valence-corrected chi connectivity index (χ2v) is 7.49. The third-order valence-corrected chi connectivity index (χ3v) is 4.87. The van der Waals surface area contributed by atoms with E-state index in [9.17, 15) is 0 Å². The maximum atomic E-state index is 5.99. The zero-order valence-electron chi connectivity index (χ0n) is 18.4. The Balaban J connectivity index is 2.16. The number of benzene rings is 2. The van der Waals surface area contributed by atoms with Gasteiger partial charge in [-0.15, -0.1) is 0 Å². The maximum absolute atomic E-state index is 5.99. The van der Waals surface area contributed by atoms with E-state index in [1.54, 1.807) is 0 Å². The van der Waals surface area contributed by atoms with Crippen molar-refractivity contribution in [3.63, 3.8) is 0 Å². The highest BCUT2D eigenvalue weighted by atomic mass is 16.5. The van der Waals surface area contributed by atoms with Gasteiger partial charge in [0.25, 0.3) is 0 Å². The fourth-order valence-electron chi connectivity index (χ4n) is 3.14. The van der Waals surface area contributed by atoms with Gasteiger partial charge >= 0.3 is 0 Å². The Morgan fingerprint density at radius 2 is 1.46 bits per heavy atom. The lowest BCUT2D eigenvalue weighted by molar-refractivity contribution is 0.0964. The number of ether oxygens (including phenoxy) is 1. The topological polar surface area (TPSA) is 15.7 Å². The van der Waals surface area contributed by atoms with Crippen LogP contribution in [-0.4, -0.2) is 34.8 Å². The first-order chi connectivity index (χ1) is 13.3. The quantitative estimate of drug-likeness (QED) is 0.541. The molecule has 3 nitrogen and oxygen atoms in total. The summed E-state index contributed by atoms with van der Waals surface area (Å²) in [7, 11) is 8.25. The Labute approximate surface area is 170 Å². The van der Waals surface area contributed by atoms with Gasteiger partial charge in [-0.3, -0.25) is 0 Å². The van der Waals surface area contributed by atoms with Crippen molar-refractivity contribution in [3.05, 3.63) is 76.9 Å². The van der Waals surface area contributed by atoms with Gasteiger partial charge in [0.1, 0.15) is 6.10 Å². The summed E-state index contributed by atoms with van der Waals surface area (Å²) in [4.78, 5) is 4.24.